The summed E-state index contributed by atoms with van der Waals surface area (Å²) in [6.45, 7) is 1.53. The molecular weight excluding hydrogens is 194 g/mol. The molecule has 1 aliphatic heterocycles. The third kappa shape index (κ3) is 2.47. The fraction of sp³-hybridized carbons (Fsp3) is 0.750. The summed E-state index contributed by atoms with van der Waals surface area (Å²) < 4.78 is 24.1. The third-order valence-corrected chi connectivity index (χ3v) is 2.05. The Hall–Kier alpha value is -1.04. The minimum Gasteiger partial charge on any atom is -0.300 e. The van der Waals surface area contributed by atoms with Crippen molar-refractivity contribution in [2.45, 2.75) is 25.8 Å². The SMILES string of the molecule is CC(CC(F)F)N1C(=O)CNCC1=O. The van der Waals surface area contributed by atoms with Gasteiger partial charge in [-0.2, -0.15) is 0 Å². The summed E-state index contributed by atoms with van der Waals surface area (Å²) in [5.74, 6) is -0.871. The van der Waals surface area contributed by atoms with Crippen LogP contribution in [0.25, 0.3) is 0 Å². The van der Waals surface area contributed by atoms with Gasteiger partial charge in [-0.25, -0.2) is 8.78 Å². The van der Waals surface area contributed by atoms with E-state index in [4.69, 9.17) is 0 Å². The molecule has 0 spiro atoms. The summed E-state index contributed by atoms with van der Waals surface area (Å²) in [6.07, 6.45) is -2.96. The van der Waals surface area contributed by atoms with Crippen LogP contribution in [0.5, 0.6) is 0 Å². The van der Waals surface area contributed by atoms with Crippen molar-refractivity contribution >= 4 is 11.8 Å². The van der Waals surface area contributed by atoms with Crippen LogP contribution in [0, 0.1) is 0 Å². The average molecular weight is 206 g/mol. The maximum atomic E-state index is 12.0. The van der Waals surface area contributed by atoms with Crippen molar-refractivity contribution in [1.29, 1.82) is 0 Å². The normalized spacial score (nSPS) is 20.4. The number of amides is 2. The van der Waals surface area contributed by atoms with Gasteiger partial charge in [0.15, 0.2) is 0 Å². The van der Waals surface area contributed by atoms with Gasteiger partial charge in [-0.05, 0) is 6.92 Å². The van der Waals surface area contributed by atoms with Crippen molar-refractivity contribution in [2.75, 3.05) is 13.1 Å². The van der Waals surface area contributed by atoms with Gasteiger partial charge in [0.2, 0.25) is 18.2 Å². The monoisotopic (exact) mass is 206 g/mol. The Labute approximate surface area is 80.3 Å². The van der Waals surface area contributed by atoms with Gasteiger partial charge in [-0.1, -0.05) is 0 Å². The lowest BCUT2D eigenvalue weighted by Crippen LogP contribution is -2.55. The molecule has 1 atom stereocenters. The number of piperazine rings is 1. The van der Waals surface area contributed by atoms with Crippen LogP contribution in [0.3, 0.4) is 0 Å². The van der Waals surface area contributed by atoms with E-state index in [1.165, 1.54) is 6.92 Å². The molecule has 1 unspecified atom stereocenters. The Morgan fingerprint density at radius 1 is 1.36 bits per heavy atom. The predicted octanol–water partition coefficient (Wildman–Crippen LogP) is -0.0115. The van der Waals surface area contributed by atoms with Gasteiger partial charge in [0, 0.05) is 12.5 Å². The van der Waals surface area contributed by atoms with Crippen LogP contribution in [0.1, 0.15) is 13.3 Å². The van der Waals surface area contributed by atoms with Crippen LogP contribution < -0.4 is 5.32 Å². The van der Waals surface area contributed by atoms with Crippen molar-refractivity contribution in [3.63, 3.8) is 0 Å². The van der Waals surface area contributed by atoms with Crippen LogP contribution in [-0.4, -0.2) is 42.3 Å². The van der Waals surface area contributed by atoms with Crippen molar-refractivity contribution in [3.05, 3.63) is 0 Å². The van der Waals surface area contributed by atoms with E-state index in [0.29, 0.717) is 0 Å². The lowest BCUT2D eigenvalue weighted by Gasteiger charge is -2.30. The molecule has 6 heteroatoms. The Balaban J connectivity index is 2.63. The third-order valence-electron chi connectivity index (χ3n) is 2.05. The van der Waals surface area contributed by atoms with Crippen molar-refractivity contribution in [2.24, 2.45) is 0 Å². The first kappa shape index (κ1) is 11.0. The van der Waals surface area contributed by atoms with Gasteiger partial charge in [-0.3, -0.25) is 19.8 Å². The van der Waals surface area contributed by atoms with Crippen LogP contribution in [0.15, 0.2) is 0 Å². The molecule has 0 aliphatic carbocycles. The number of carbonyl (C=O) groups excluding carboxylic acids is 2. The average Bonchev–Trinajstić information content (AvgIpc) is 2.01. The second-order valence-corrected chi connectivity index (χ2v) is 3.24. The highest BCUT2D eigenvalue weighted by Gasteiger charge is 2.31. The van der Waals surface area contributed by atoms with E-state index in [-0.39, 0.29) is 13.1 Å². The number of nitrogens with zero attached hydrogens (tertiary/aromatic N) is 1. The molecule has 0 aromatic carbocycles. The lowest BCUT2D eigenvalue weighted by molar-refractivity contribution is -0.149. The van der Waals surface area contributed by atoms with Gasteiger partial charge in [0.25, 0.3) is 0 Å². The molecule has 0 aromatic rings. The molecule has 1 fully saturated rings. The molecule has 2 amide bonds. The first-order valence-electron chi connectivity index (χ1n) is 4.36. The highest BCUT2D eigenvalue weighted by Crippen LogP contribution is 2.12. The summed E-state index contributed by atoms with van der Waals surface area (Å²) in [6, 6.07) is -0.725. The zero-order valence-electron chi connectivity index (χ0n) is 7.80. The minimum atomic E-state index is -2.50. The second-order valence-electron chi connectivity index (χ2n) is 3.24. The van der Waals surface area contributed by atoms with Crippen LogP contribution in [-0.2, 0) is 9.59 Å². The van der Waals surface area contributed by atoms with Crippen molar-refractivity contribution < 1.29 is 18.4 Å². The maximum absolute atomic E-state index is 12.0. The van der Waals surface area contributed by atoms with E-state index in [2.05, 4.69) is 5.32 Å². The summed E-state index contributed by atoms with van der Waals surface area (Å²) in [4.78, 5) is 23.4. The van der Waals surface area contributed by atoms with Gasteiger partial charge >= 0.3 is 0 Å². The summed E-state index contributed by atoms with van der Waals surface area (Å²) in [5.41, 5.74) is 0. The number of alkyl halides is 2. The van der Waals surface area contributed by atoms with E-state index < -0.39 is 30.7 Å². The number of hydrogen-bond acceptors (Lipinski definition) is 3. The Morgan fingerprint density at radius 3 is 2.29 bits per heavy atom. The molecule has 4 nitrogen and oxygen atoms in total. The van der Waals surface area contributed by atoms with Gasteiger partial charge < -0.3 is 0 Å². The zero-order valence-corrected chi connectivity index (χ0v) is 7.80. The van der Waals surface area contributed by atoms with Gasteiger partial charge in [-0.15, -0.1) is 0 Å². The quantitative estimate of drug-likeness (QED) is 0.661. The standard InChI is InChI=1S/C8H12F2N2O2/c1-5(2-6(9)10)12-7(13)3-11-4-8(12)14/h5-6,11H,2-4H2,1H3. The number of hydrogen-bond donors (Lipinski definition) is 1. The topological polar surface area (TPSA) is 49.4 Å². The summed E-state index contributed by atoms with van der Waals surface area (Å²) in [7, 11) is 0. The predicted molar refractivity (Wildman–Crippen MR) is 44.8 cm³/mol. The Bertz CT molecular complexity index is 229. The molecule has 1 N–H and O–H groups in total. The fourth-order valence-electron chi connectivity index (χ4n) is 1.44. The minimum absolute atomic E-state index is 0.0410. The van der Waals surface area contributed by atoms with Gasteiger partial charge in [0.05, 0.1) is 13.1 Å². The Kier molecular flexibility index (Phi) is 3.51. The molecule has 1 rings (SSSR count). The fourth-order valence-corrected chi connectivity index (χ4v) is 1.44. The number of imide groups is 1. The largest absolute Gasteiger partial charge is 0.300 e. The van der Waals surface area contributed by atoms with Crippen molar-refractivity contribution in [1.82, 2.24) is 10.2 Å². The molecule has 1 saturated heterocycles. The van der Waals surface area contributed by atoms with E-state index in [1.54, 1.807) is 0 Å². The number of carbonyl (C=O) groups is 2. The maximum Gasteiger partial charge on any atom is 0.243 e. The molecule has 0 radical (unpaired) electrons. The van der Waals surface area contributed by atoms with E-state index in [0.717, 1.165) is 4.90 Å². The number of rotatable bonds is 3. The first-order valence-corrected chi connectivity index (χ1v) is 4.36. The highest BCUT2D eigenvalue weighted by molar-refractivity contribution is 5.99. The lowest BCUT2D eigenvalue weighted by atomic mass is 10.2. The molecule has 0 saturated carbocycles. The molecule has 80 valence electrons. The Morgan fingerprint density at radius 2 is 1.86 bits per heavy atom. The molecule has 0 aromatic heterocycles. The van der Waals surface area contributed by atoms with Crippen LogP contribution >= 0.6 is 0 Å². The van der Waals surface area contributed by atoms with E-state index in [9.17, 15) is 18.4 Å². The zero-order chi connectivity index (χ0) is 10.7. The number of nitrogens with one attached hydrogen (secondary N) is 1. The molecular formula is C8H12F2N2O2. The van der Waals surface area contributed by atoms with E-state index >= 15 is 0 Å². The second kappa shape index (κ2) is 4.45. The molecule has 0 bridgehead atoms. The molecule has 1 heterocycles. The van der Waals surface area contributed by atoms with Crippen LogP contribution in [0.4, 0.5) is 8.78 Å². The van der Waals surface area contributed by atoms with E-state index in [1.807, 2.05) is 0 Å². The smallest absolute Gasteiger partial charge is 0.243 e. The first-order chi connectivity index (χ1) is 6.52. The summed E-state index contributed by atoms with van der Waals surface area (Å²) in [5, 5.41) is 2.59. The van der Waals surface area contributed by atoms with Gasteiger partial charge in [0.1, 0.15) is 0 Å². The molecule has 14 heavy (non-hydrogen) atoms. The molecule has 1 aliphatic rings. The number of halogens is 2. The highest BCUT2D eigenvalue weighted by atomic mass is 19.3. The van der Waals surface area contributed by atoms with Crippen LogP contribution in [0.2, 0.25) is 0 Å². The summed E-state index contributed by atoms with van der Waals surface area (Å²) >= 11 is 0. The van der Waals surface area contributed by atoms with Crippen molar-refractivity contribution in [3.8, 4) is 0 Å².